The minimum Gasteiger partial charge on any atom is -0.463 e. The van der Waals surface area contributed by atoms with E-state index >= 15 is 0 Å². The number of fused-ring (bicyclic) bond motifs is 4. The van der Waals surface area contributed by atoms with Crippen molar-refractivity contribution in [1.82, 2.24) is 0 Å². The standard InChI is InChI=1S/C47H44N8O6/c1-52(2)31-13-5-27(6-14-31)48-50-29-9-17-33(18-10-29)54-44(57)37-23-22-36-38(41(37)46(54)59)25-39-43(42(36)40-24-21-35(26-56)61-40)47(60)55(45(39)58)34-19-11-30(12-20-34)51-49-28-7-15-32(16-8-28)53(3)4/h5-22,24,37-39,41-43,56H,23,25-26H2,1-4H3. The Bertz CT molecular complexity index is 2600. The quantitative estimate of drug-likeness (QED) is 0.0831. The van der Waals surface area contributed by atoms with E-state index in [1.807, 2.05) is 92.6 Å². The van der Waals surface area contributed by atoms with E-state index in [9.17, 15) is 24.3 Å². The molecule has 3 heterocycles. The first-order valence-electron chi connectivity index (χ1n) is 20.2. The number of azo groups is 2. The number of amides is 4. The molecule has 14 nitrogen and oxygen atoms in total. The summed E-state index contributed by atoms with van der Waals surface area (Å²) in [6.07, 6.45) is 2.47. The number of carbonyl (C=O) groups is 4. The van der Waals surface area contributed by atoms with Crippen molar-refractivity contribution in [2.24, 2.45) is 50.0 Å². The number of allylic oxidation sites excluding steroid dienone is 2. The van der Waals surface area contributed by atoms with E-state index < -0.39 is 35.5 Å². The summed E-state index contributed by atoms with van der Waals surface area (Å²) in [6.45, 7) is -0.343. The first-order chi connectivity index (χ1) is 29.5. The van der Waals surface area contributed by atoms with E-state index in [-0.39, 0.29) is 36.7 Å². The summed E-state index contributed by atoms with van der Waals surface area (Å²) < 4.78 is 6.10. The molecular formula is C47H44N8O6. The van der Waals surface area contributed by atoms with Crippen LogP contribution in [0.25, 0.3) is 0 Å². The smallest absolute Gasteiger partial charge is 0.238 e. The molecule has 4 aliphatic rings. The predicted octanol–water partition coefficient (Wildman–Crippen LogP) is 8.78. The molecule has 2 aliphatic carbocycles. The summed E-state index contributed by atoms with van der Waals surface area (Å²) in [6, 6.07) is 32.3. The normalized spacial score (nSPS) is 23.5. The molecule has 0 spiro atoms. The molecule has 4 aromatic carbocycles. The van der Waals surface area contributed by atoms with E-state index in [0.29, 0.717) is 52.1 Å². The Morgan fingerprint density at radius 1 is 0.557 bits per heavy atom. The maximum absolute atomic E-state index is 14.5. The van der Waals surface area contributed by atoms with Crippen LogP contribution in [0.1, 0.15) is 30.3 Å². The molecular weight excluding hydrogens is 773 g/mol. The number of imide groups is 2. The van der Waals surface area contributed by atoms with Crippen LogP contribution in [-0.4, -0.2) is 56.9 Å². The largest absolute Gasteiger partial charge is 0.463 e. The molecule has 9 rings (SSSR count). The minimum atomic E-state index is -0.815. The van der Waals surface area contributed by atoms with E-state index in [4.69, 9.17) is 4.42 Å². The highest BCUT2D eigenvalue weighted by Crippen LogP contribution is 2.58. The monoisotopic (exact) mass is 816 g/mol. The van der Waals surface area contributed by atoms with Crippen LogP contribution in [0.15, 0.2) is 146 Å². The van der Waals surface area contributed by atoms with Crippen molar-refractivity contribution in [3.8, 4) is 0 Å². The van der Waals surface area contributed by atoms with E-state index in [2.05, 4.69) is 20.5 Å². The highest BCUT2D eigenvalue weighted by molar-refractivity contribution is 6.24. The molecule has 6 unspecified atom stereocenters. The van der Waals surface area contributed by atoms with Gasteiger partial charge in [0.15, 0.2) is 0 Å². The topological polar surface area (TPSA) is 164 Å². The molecule has 2 saturated heterocycles. The van der Waals surface area contributed by atoms with Crippen LogP contribution in [0.4, 0.5) is 45.5 Å². The Hall–Kier alpha value is -7.06. The van der Waals surface area contributed by atoms with Gasteiger partial charge in [0.1, 0.15) is 18.1 Å². The average Bonchev–Trinajstić information content (AvgIpc) is 3.93. The SMILES string of the molecule is CN(C)c1ccc(N=Nc2ccc(N3C(=O)C4CC=C5C(CC6C(=O)N(c7ccc(N=Nc8ccc(N(C)C)cc8)cc7)C(=O)C6C5c5ccc(CO)o5)C4C3=O)cc2)cc1. The predicted molar refractivity (Wildman–Crippen MR) is 230 cm³/mol. The fraction of sp³-hybridized carbons (Fsp3) is 0.277. The third kappa shape index (κ3) is 7.12. The molecule has 4 amide bonds. The molecule has 308 valence electrons. The van der Waals surface area contributed by atoms with Crippen LogP contribution < -0.4 is 19.6 Å². The van der Waals surface area contributed by atoms with Crippen molar-refractivity contribution < 1.29 is 28.7 Å². The highest BCUT2D eigenvalue weighted by Gasteiger charge is 2.63. The number of aliphatic hydroxyl groups is 1. The van der Waals surface area contributed by atoms with Crippen LogP contribution in [0.5, 0.6) is 0 Å². The van der Waals surface area contributed by atoms with Crippen molar-refractivity contribution >= 4 is 69.1 Å². The van der Waals surface area contributed by atoms with Gasteiger partial charge in [0.05, 0.1) is 63.7 Å². The number of benzene rings is 4. The molecule has 61 heavy (non-hydrogen) atoms. The molecule has 2 aliphatic heterocycles. The highest BCUT2D eigenvalue weighted by atomic mass is 16.4. The van der Waals surface area contributed by atoms with Gasteiger partial charge in [-0.2, -0.15) is 20.5 Å². The second-order valence-electron chi connectivity index (χ2n) is 16.3. The van der Waals surface area contributed by atoms with Crippen LogP contribution in [-0.2, 0) is 25.8 Å². The first kappa shape index (κ1) is 39.4. The molecule has 14 heteroatoms. The third-order valence-corrected chi connectivity index (χ3v) is 12.3. The second kappa shape index (κ2) is 15.8. The Balaban J connectivity index is 0.971. The zero-order valence-electron chi connectivity index (χ0n) is 34.1. The number of anilines is 4. The molecule has 3 fully saturated rings. The van der Waals surface area contributed by atoms with Crippen LogP contribution in [0.3, 0.4) is 0 Å². The summed E-state index contributed by atoms with van der Waals surface area (Å²) in [5.41, 5.74) is 6.17. The van der Waals surface area contributed by atoms with E-state index in [1.54, 1.807) is 60.7 Å². The Morgan fingerprint density at radius 2 is 1.00 bits per heavy atom. The zero-order chi connectivity index (χ0) is 42.5. The number of hydrogen-bond donors (Lipinski definition) is 1. The van der Waals surface area contributed by atoms with Crippen molar-refractivity contribution in [3.05, 3.63) is 132 Å². The fourth-order valence-corrected chi connectivity index (χ4v) is 9.26. The van der Waals surface area contributed by atoms with Gasteiger partial charge in [0.2, 0.25) is 23.6 Å². The van der Waals surface area contributed by atoms with Crippen LogP contribution in [0, 0.1) is 29.6 Å². The van der Waals surface area contributed by atoms with E-state index in [1.165, 1.54) is 9.80 Å². The van der Waals surface area contributed by atoms with Gasteiger partial charge in [-0.1, -0.05) is 11.6 Å². The molecule has 1 aromatic heterocycles. The van der Waals surface area contributed by atoms with Crippen molar-refractivity contribution in [3.63, 3.8) is 0 Å². The van der Waals surface area contributed by atoms with Crippen LogP contribution >= 0.6 is 0 Å². The Morgan fingerprint density at radius 3 is 1.44 bits per heavy atom. The molecule has 1 N–H and O–H groups in total. The summed E-state index contributed by atoms with van der Waals surface area (Å²) in [4.78, 5) is 64.1. The lowest BCUT2D eigenvalue weighted by Crippen LogP contribution is -2.43. The first-order valence-corrected chi connectivity index (χ1v) is 20.2. The van der Waals surface area contributed by atoms with Gasteiger partial charge >= 0.3 is 0 Å². The maximum atomic E-state index is 14.5. The average molecular weight is 817 g/mol. The molecule has 6 atom stereocenters. The maximum Gasteiger partial charge on any atom is 0.238 e. The summed E-state index contributed by atoms with van der Waals surface area (Å²) >= 11 is 0. The fourth-order valence-electron chi connectivity index (χ4n) is 9.26. The Kier molecular flexibility index (Phi) is 10.2. The minimum absolute atomic E-state index is 0.212. The van der Waals surface area contributed by atoms with Gasteiger partial charge in [-0.05, 0) is 128 Å². The molecule has 5 aromatic rings. The van der Waals surface area contributed by atoms with Gasteiger partial charge in [-0.15, -0.1) is 0 Å². The lowest BCUT2D eigenvalue weighted by Gasteiger charge is -2.43. The molecule has 0 radical (unpaired) electrons. The van der Waals surface area contributed by atoms with Gasteiger partial charge in [-0.25, -0.2) is 0 Å². The van der Waals surface area contributed by atoms with Crippen LogP contribution in [0.2, 0.25) is 0 Å². The van der Waals surface area contributed by atoms with Crippen molar-refractivity contribution in [1.29, 1.82) is 0 Å². The van der Waals surface area contributed by atoms with Crippen molar-refractivity contribution in [2.75, 3.05) is 47.8 Å². The second-order valence-corrected chi connectivity index (χ2v) is 16.3. The lowest BCUT2D eigenvalue weighted by molar-refractivity contribution is -0.126. The summed E-state index contributed by atoms with van der Waals surface area (Å²) in [7, 11) is 7.85. The third-order valence-electron chi connectivity index (χ3n) is 12.3. The van der Waals surface area contributed by atoms with Gasteiger partial charge < -0.3 is 19.3 Å². The number of carbonyl (C=O) groups excluding carboxylic acids is 4. The molecule has 1 saturated carbocycles. The number of nitrogens with zero attached hydrogens (tertiary/aromatic N) is 8. The lowest BCUT2D eigenvalue weighted by atomic mass is 9.58. The number of rotatable bonds is 10. The summed E-state index contributed by atoms with van der Waals surface area (Å²) in [5.74, 6) is -4.83. The number of furan rings is 1. The van der Waals surface area contributed by atoms with Crippen molar-refractivity contribution in [2.45, 2.75) is 25.4 Å². The number of aliphatic hydroxyl groups excluding tert-OH is 1. The molecule has 0 bridgehead atoms. The van der Waals surface area contributed by atoms with Gasteiger partial charge in [0.25, 0.3) is 0 Å². The Labute approximate surface area is 352 Å². The zero-order valence-corrected chi connectivity index (χ0v) is 34.1. The summed E-state index contributed by atoms with van der Waals surface area (Å²) in [5, 5.41) is 27.3. The number of hydrogen-bond acceptors (Lipinski definition) is 12. The van der Waals surface area contributed by atoms with Gasteiger partial charge in [0, 0.05) is 39.6 Å². The van der Waals surface area contributed by atoms with E-state index in [0.717, 1.165) is 16.9 Å². The van der Waals surface area contributed by atoms with Gasteiger partial charge in [-0.3, -0.25) is 29.0 Å².